The molecule has 10 heavy (non-hydrogen) atoms. The smallest absolute Gasteiger partial charge is 0.0588 e. The molecule has 0 aliphatic carbocycles. The Bertz CT molecular complexity index is 69.7. The molecule has 0 rings (SSSR count). The monoisotopic (exact) mass is 226 g/mol. The summed E-state index contributed by atoms with van der Waals surface area (Å²) in [6.45, 7) is 9.47. The SMILES string of the molecule is CCC[P+](C)(CC)CC.[Br-]. The minimum absolute atomic E-state index is 0. The van der Waals surface area contributed by atoms with E-state index in [4.69, 9.17) is 0 Å². The summed E-state index contributed by atoms with van der Waals surface area (Å²) in [6, 6.07) is 0. The van der Waals surface area contributed by atoms with Crippen LogP contribution in [-0.2, 0) is 0 Å². The van der Waals surface area contributed by atoms with Crippen LogP contribution < -0.4 is 17.0 Å². The predicted octanol–water partition coefficient (Wildman–Crippen LogP) is 0.0876. The zero-order chi connectivity index (χ0) is 7.33. The molecule has 0 atom stereocenters. The molecule has 0 nitrogen and oxygen atoms in total. The van der Waals surface area contributed by atoms with Crippen LogP contribution in [0.25, 0.3) is 0 Å². The Morgan fingerprint density at radius 3 is 1.50 bits per heavy atom. The fourth-order valence-corrected chi connectivity index (χ4v) is 3.24. The highest BCUT2D eigenvalue weighted by Gasteiger charge is 2.24. The van der Waals surface area contributed by atoms with Crippen molar-refractivity contribution in [3.63, 3.8) is 0 Å². The van der Waals surface area contributed by atoms with Gasteiger partial charge in [-0.2, -0.15) is 0 Å². The Kier molecular flexibility index (Phi) is 8.92. The van der Waals surface area contributed by atoms with Crippen molar-refractivity contribution in [1.82, 2.24) is 0 Å². The minimum atomic E-state index is -0.431. The first-order valence-corrected chi connectivity index (χ1v) is 6.81. The highest BCUT2D eigenvalue weighted by molar-refractivity contribution is 7.75. The summed E-state index contributed by atoms with van der Waals surface area (Å²) in [5, 5.41) is 0. The van der Waals surface area contributed by atoms with Gasteiger partial charge >= 0.3 is 0 Å². The molecule has 0 heterocycles. The maximum Gasteiger partial charge on any atom is 0.0588 e. The van der Waals surface area contributed by atoms with Gasteiger partial charge in [-0.3, -0.25) is 0 Å². The lowest BCUT2D eigenvalue weighted by Crippen LogP contribution is -3.00. The second kappa shape index (κ2) is 6.61. The van der Waals surface area contributed by atoms with Gasteiger partial charge in [0.15, 0.2) is 0 Å². The molecule has 0 fully saturated rings. The lowest BCUT2D eigenvalue weighted by atomic mass is 10.6. The van der Waals surface area contributed by atoms with Crippen LogP contribution in [0.15, 0.2) is 0 Å². The van der Waals surface area contributed by atoms with E-state index >= 15 is 0 Å². The van der Waals surface area contributed by atoms with Gasteiger partial charge in [-0.15, -0.1) is 0 Å². The van der Waals surface area contributed by atoms with Crippen LogP contribution in [0.3, 0.4) is 0 Å². The summed E-state index contributed by atoms with van der Waals surface area (Å²) in [5.74, 6) is 0. The largest absolute Gasteiger partial charge is 1.00 e. The summed E-state index contributed by atoms with van der Waals surface area (Å²) < 4.78 is 0. The molecule has 2 heteroatoms. The quantitative estimate of drug-likeness (QED) is 0.597. The average Bonchev–Trinajstić information content (AvgIpc) is 1.89. The molecule has 64 valence electrons. The third-order valence-electron chi connectivity index (χ3n) is 2.29. The lowest BCUT2D eigenvalue weighted by Gasteiger charge is -2.18. The molecule has 0 radical (unpaired) electrons. The standard InChI is InChI=1S/C8H20P.BrH/c1-5-8-9(4,6-2)7-3;/h5-8H2,1-4H3;1H/q+1;/p-1. The Morgan fingerprint density at radius 1 is 1.00 bits per heavy atom. The van der Waals surface area contributed by atoms with Crippen molar-refractivity contribution in [3.05, 3.63) is 0 Å². The summed E-state index contributed by atoms with van der Waals surface area (Å²) in [5.41, 5.74) is 0. The molecule has 0 unspecified atom stereocenters. The van der Waals surface area contributed by atoms with E-state index in [2.05, 4.69) is 27.4 Å². The molecular weight excluding hydrogens is 207 g/mol. The van der Waals surface area contributed by atoms with Crippen molar-refractivity contribution < 1.29 is 17.0 Å². The van der Waals surface area contributed by atoms with Crippen LogP contribution in [0.2, 0.25) is 0 Å². The molecule has 0 spiro atoms. The summed E-state index contributed by atoms with van der Waals surface area (Å²) in [7, 11) is -0.431. The van der Waals surface area contributed by atoms with Gasteiger partial charge in [0, 0.05) is 13.9 Å². The minimum Gasteiger partial charge on any atom is -1.00 e. The second-order valence-corrected chi connectivity index (χ2v) is 7.93. The summed E-state index contributed by atoms with van der Waals surface area (Å²) >= 11 is 0. The van der Waals surface area contributed by atoms with E-state index in [0.717, 1.165) is 0 Å². The van der Waals surface area contributed by atoms with Crippen LogP contribution in [-0.4, -0.2) is 25.2 Å². The molecule has 0 bridgehead atoms. The van der Waals surface area contributed by atoms with E-state index in [-0.39, 0.29) is 17.0 Å². The van der Waals surface area contributed by atoms with Crippen LogP contribution in [0.4, 0.5) is 0 Å². The molecule has 0 aliphatic heterocycles. The second-order valence-electron chi connectivity index (χ2n) is 2.98. The third-order valence-corrected chi connectivity index (χ3v) is 6.87. The van der Waals surface area contributed by atoms with Crippen LogP contribution in [0, 0.1) is 0 Å². The molecule has 0 amide bonds. The van der Waals surface area contributed by atoms with E-state index in [1.54, 1.807) is 0 Å². The highest BCUT2D eigenvalue weighted by Crippen LogP contribution is 2.54. The van der Waals surface area contributed by atoms with Gasteiger partial charge in [-0.1, -0.05) is 6.92 Å². The first kappa shape index (κ1) is 13.5. The number of halogens is 1. The number of hydrogen-bond acceptors (Lipinski definition) is 0. The Balaban J connectivity index is 0. The number of hydrogen-bond donors (Lipinski definition) is 0. The summed E-state index contributed by atoms with van der Waals surface area (Å²) in [6.07, 6.45) is 5.76. The maximum absolute atomic E-state index is 2.50. The Morgan fingerprint density at radius 2 is 1.40 bits per heavy atom. The number of rotatable bonds is 4. The van der Waals surface area contributed by atoms with E-state index in [0.29, 0.717) is 0 Å². The van der Waals surface area contributed by atoms with Gasteiger partial charge in [0.05, 0.1) is 18.5 Å². The normalized spacial score (nSPS) is 10.8. The molecule has 0 saturated carbocycles. The zero-order valence-corrected chi connectivity index (χ0v) is 10.1. The molecule has 0 N–H and O–H groups in total. The van der Waals surface area contributed by atoms with Crippen molar-refractivity contribution in [1.29, 1.82) is 0 Å². The predicted molar refractivity (Wildman–Crippen MR) is 49.1 cm³/mol. The molecule has 0 aliphatic rings. The molecule has 0 aromatic heterocycles. The van der Waals surface area contributed by atoms with Crippen molar-refractivity contribution in [2.24, 2.45) is 0 Å². The topological polar surface area (TPSA) is 0 Å². The van der Waals surface area contributed by atoms with Gasteiger partial charge in [-0.25, -0.2) is 0 Å². The van der Waals surface area contributed by atoms with E-state index < -0.39 is 7.26 Å². The molecule has 0 aromatic rings. The Labute approximate surface area is 76.9 Å². The van der Waals surface area contributed by atoms with Crippen molar-refractivity contribution in [2.75, 3.05) is 25.2 Å². The fraction of sp³-hybridized carbons (Fsp3) is 1.00. The first-order chi connectivity index (χ1) is 4.18. The fourth-order valence-electron chi connectivity index (χ4n) is 1.08. The van der Waals surface area contributed by atoms with Gasteiger partial charge in [-0.05, 0) is 20.3 Å². The Hall–Kier alpha value is 0.910. The van der Waals surface area contributed by atoms with Gasteiger partial charge < -0.3 is 17.0 Å². The van der Waals surface area contributed by atoms with Gasteiger partial charge in [0.2, 0.25) is 0 Å². The van der Waals surface area contributed by atoms with E-state index in [1.807, 2.05) is 0 Å². The molecule has 0 aromatic carbocycles. The highest BCUT2D eigenvalue weighted by atomic mass is 79.9. The van der Waals surface area contributed by atoms with Crippen molar-refractivity contribution in [2.45, 2.75) is 27.2 Å². The molecule has 0 saturated heterocycles. The van der Waals surface area contributed by atoms with Crippen molar-refractivity contribution >= 4 is 7.26 Å². The zero-order valence-electron chi connectivity index (χ0n) is 7.65. The molecular formula is C8H20BrP. The van der Waals surface area contributed by atoms with E-state index in [1.165, 1.54) is 24.9 Å². The van der Waals surface area contributed by atoms with Crippen LogP contribution >= 0.6 is 7.26 Å². The van der Waals surface area contributed by atoms with E-state index in [9.17, 15) is 0 Å². The maximum atomic E-state index is 2.50. The van der Waals surface area contributed by atoms with Gasteiger partial charge in [0.1, 0.15) is 0 Å². The van der Waals surface area contributed by atoms with Gasteiger partial charge in [0.25, 0.3) is 0 Å². The summed E-state index contributed by atoms with van der Waals surface area (Å²) in [4.78, 5) is 0. The third kappa shape index (κ3) is 4.68. The lowest BCUT2D eigenvalue weighted by molar-refractivity contribution is -0.00000227. The van der Waals surface area contributed by atoms with Crippen molar-refractivity contribution in [3.8, 4) is 0 Å². The average molecular weight is 227 g/mol. The first-order valence-electron chi connectivity index (χ1n) is 4.02. The van der Waals surface area contributed by atoms with Crippen LogP contribution in [0.5, 0.6) is 0 Å². The van der Waals surface area contributed by atoms with Crippen LogP contribution in [0.1, 0.15) is 27.2 Å².